The van der Waals surface area contributed by atoms with Crippen molar-refractivity contribution in [3.8, 4) is 0 Å². The maximum Gasteiger partial charge on any atom is 0.127 e. The number of hydrogen-bond acceptors (Lipinski definition) is 3. The number of nitrogens with zero attached hydrogens (tertiary/aromatic N) is 1. The van der Waals surface area contributed by atoms with Crippen LogP contribution in [0.15, 0.2) is 18.2 Å². The van der Waals surface area contributed by atoms with Crippen molar-refractivity contribution in [1.29, 1.82) is 0 Å². The molecule has 1 aromatic rings. The van der Waals surface area contributed by atoms with Crippen LogP contribution in [0.25, 0.3) is 0 Å². The molecule has 21 heavy (non-hydrogen) atoms. The summed E-state index contributed by atoms with van der Waals surface area (Å²) in [5, 5.41) is 3.91. The second-order valence-corrected chi connectivity index (χ2v) is 5.78. The Bertz CT molecular complexity index is 438. The molecule has 0 amide bonds. The van der Waals surface area contributed by atoms with E-state index in [1.165, 1.54) is 6.07 Å². The molecule has 1 fully saturated rings. The molecule has 1 aliphatic heterocycles. The van der Waals surface area contributed by atoms with Gasteiger partial charge in [0.25, 0.3) is 0 Å². The molecule has 5 heteroatoms. The number of rotatable bonds is 6. The number of benzene rings is 1. The topological polar surface area (TPSA) is 24.5 Å². The first-order chi connectivity index (χ1) is 10.2. The Labute approximate surface area is 131 Å². The minimum Gasteiger partial charge on any atom is -0.374 e. The maximum atomic E-state index is 14.0. The molecule has 1 aromatic carbocycles. The van der Waals surface area contributed by atoms with Gasteiger partial charge in [-0.1, -0.05) is 31.5 Å². The zero-order valence-electron chi connectivity index (χ0n) is 12.7. The van der Waals surface area contributed by atoms with Crippen LogP contribution in [-0.4, -0.2) is 49.8 Å². The molecule has 3 nitrogen and oxygen atoms in total. The molecular formula is C16H24ClFN2O. The third kappa shape index (κ3) is 4.39. The fourth-order valence-corrected chi connectivity index (χ4v) is 3.05. The Balaban J connectivity index is 2.11. The predicted molar refractivity (Wildman–Crippen MR) is 84.4 cm³/mol. The molecular weight excluding hydrogens is 291 g/mol. The van der Waals surface area contributed by atoms with E-state index in [1.807, 2.05) is 0 Å². The summed E-state index contributed by atoms with van der Waals surface area (Å²) in [6.07, 6.45) is 0.607. The van der Waals surface area contributed by atoms with Gasteiger partial charge >= 0.3 is 0 Å². The molecule has 1 heterocycles. The van der Waals surface area contributed by atoms with Gasteiger partial charge in [-0.15, -0.1) is 0 Å². The van der Waals surface area contributed by atoms with Crippen LogP contribution in [0, 0.1) is 5.82 Å². The highest BCUT2D eigenvalue weighted by molar-refractivity contribution is 6.31. The monoisotopic (exact) mass is 314 g/mol. The lowest BCUT2D eigenvalue weighted by atomic mass is 9.99. The zero-order chi connectivity index (χ0) is 15.2. The van der Waals surface area contributed by atoms with Crippen LogP contribution in [-0.2, 0) is 11.2 Å². The summed E-state index contributed by atoms with van der Waals surface area (Å²) in [7, 11) is 0. The van der Waals surface area contributed by atoms with Gasteiger partial charge in [-0.25, -0.2) is 4.39 Å². The van der Waals surface area contributed by atoms with E-state index in [0.29, 0.717) is 17.0 Å². The summed E-state index contributed by atoms with van der Waals surface area (Å²) in [6.45, 7) is 8.61. The molecule has 0 spiro atoms. The molecule has 1 N–H and O–H groups in total. The number of hydrogen-bond donors (Lipinski definition) is 1. The summed E-state index contributed by atoms with van der Waals surface area (Å²) in [5.41, 5.74) is 0.572. The summed E-state index contributed by atoms with van der Waals surface area (Å²) in [6, 6.07) is 4.91. The van der Waals surface area contributed by atoms with Gasteiger partial charge in [0, 0.05) is 29.7 Å². The third-order valence-electron chi connectivity index (χ3n) is 4.03. The van der Waals surface area contributed by atoms with Crippen LogP contribution in [0.2, 0.25) is 5.02 Å². The van der Waals surface area contributed by atoms with Gasteiger partial charge in [-0.05, 0) is 31.6 Å². The van der Waals surface area contributed by atoms with E-state index in [9.17, 15) is 4.39 Å². The Hall–Kier alpha value is -0.680. The van der Waals surface area contributed by atoms with Crippen molar-refractivity contribution in [1.82, 2.24) is 10.2 Å². The number of ether oxygens (including phenoxy) is 1. The van der Waals surface area contributed by atoms with Crippen molar-refractivity contribution in [3.63, 3.8) is 0 Å². The molecule has 0 aliphatic carbocycles. The van der Waals surface area contributed by atoms with Crippen LogP contribution in [0.3, 0.4) is 0 Å². The van der Waals surface area contributed by atoms with Crippen molar-refractivity contribution in [2.24, 2.45) is 0 Å². The Morgan fingerprint density at radius 1 is 1.48 bits per heavy atom. The van der Waals surface area contributed by atoms with Gasteiger partial charge < -0.3 is 10.1 Å². The van der Waals surface area contributed by atoms with E-state index in [-0.39, 0.29) is 18.0 Å². The minimum absolute atomic E-state index is 0.0642. The van der Waals surface area contributed by atoms with Crippen molar-refractivity contribution < 1.29 is 9.13 Å². The smallest absolute Gasteiger partial charge is 0.127 e. The molecule has 0 bridgehead atoms. The zero-order valence-corrected chi connectivity index (χ0v) is 13.5. The van der Waals surface area contributed by atoms with E-state index in [4.69, 9.17) is 16.3 Å². The van der Waals surface area contributed by atoms with Gasteiger partial charge in [0.2, 0.25) is 0 Å². The molecule has 0 radical (unpaired) electrons. The molecule has 0 aromatic heterocycles. The summed E-state index contributed by atoms with van der Waals surface area (Å²) < 4.78 is 19.9. The van der Waals surface area contributed by atoms with E-state index < -0.39 is 0 Å². The molecule has 0 saturated carbocycles. The molecule has 2 rings (SSSR count). The quantitative estimate of drug-likeness (QED) is 0.874. The molecule has 2 atom stereocenters. The first-order valence-corrected chi connectivity index (χ1v) is 8.03. The average molecular weight is 315 g/mol. The third-order valence-corrected chi connectivity index (χ3v) is 4.38. The van der Waals surface area contributed by atoms with Crippen molar-refractivity contribution in [2.45, 2.75) is 32.4 Å². The summed E-state index contributed by atoms with van der Waals surface area (Å²) >= 11 is 6.15. The molecule has 1 saturated heterocycles. The lowest BCUT2D eigenvalue weighted by Gasteiger charge is -2.37. The first-order valence-electron chi connectivity index (χ1n) is 7.65. The van der Waals surface area contributed by atoms with E-state index in [0.717, 1.165) is 32.8 Å². The van der Waals surface area contributed by atoms with Crippen LogP contribution < -0.4 is 5.32 Å². The fraction of sp³-hybridized carbons (Fsp3) is 0.625. The normalized spacial score (nSPS) is 21.4. The lowest BCUT2D eigenvalue weighted by Crippen LogP contribution is -2.53. The van der Waals surface area contributed by atoms with E-state index in [1.54, 1.807) is 12.1 Å². The minimum atomic E-state index is -0.242. The SMILES string of the molecule is CCNC(Cc1c(F)cccc1Cl)C1CN(CC)CCO1. The average Bonchev–Trinajstić information content (AvgIpc) is 2.50. The maximum absolute atomic E-state index is 14.0. The number of likely N-dealkylation sites (N-methyl/N-ethyl adjacent to an activating group) is 2. The summed E-state index contributed by atoms with van der Waals surface area (Å²) in [5.74, 6) is -0.242. The first kappa shape index (κ1) is 16.7. The van der Waals surface area contributed by atoms with Crippen LogP contribution >= 0.6 is 11.6 Å². The highest BCUT2D eigenvalue weighted by Gasteiger charge is 2.28. The second kappa shape index (κ2) is 8.08. The van der Waals surface area contributed by atoms with Crippen molar-refractivity contribution in [2.75, 3.05) is 32.8 Å². The van der Waals surface area contributed by atoms with Crippen LogP contribution in [0.4, 0.5) is 4.39 Å². The highest BCUT2D eigenvalue weighted by atomic mass is 35.5. The predicted octanol–water partition coefficient (Wildman–Crippen LogP) is 2.72. The van der Waals surface area contributed by atoms with Crippen molar-refractivity contribution in [3.05, 3.63) is 34.6 Å². The van der Waals surface area contributed by atoms with Gasteiger partial charge in [0.05, 0.1) is 12.7 Å². The molecule has 1 aliphatic rings. The van der Waals surface area contributed by atoms with Gasteiger partial charge in [-0.3, -0.25) is 4.90 Å². The number of morpholine rings is 1. The molecule has 118 valence electrons. The van der Waals surface area contributed by atoms with E-state index in [2.05, 4.69) is 24.1 Å². The Morgan fingerprint density at radius 3 is 2.95 bits per heavy atom. The summed E-state index contributed by atoms with van der Waals surface area (Å²) in [4.78, 5) is 2.36. The second-order valence-electron chi connectivity index (χ2n) is 5.37. The van der Waals surface area contributed by atoms with Crippen LogP contribution in [0.1, 0.15) is 19.4 Å². The van der Waals surface area contributed by atoms with Gasteiger partial charge in [0.15, 0.2) is 0 Å². The highest BCUT2D eigenvalue weighted by Crippen LogP contribution is 2.22. The Kier molecular flexibility index (Phi) is 6.42. The number of nitrogens with one attached hydrogen (secondary N) is 1. The molecule has 2 unspecified atom stereocenters. The van der Waals surface area contributed by atoms with E-state index >= 15 is 0 Å². The van der Waals surface area contributed by atoms with Crippen LogP contribution in [0.5, 0.6) is 0 Å². The fourth-order valence-electron chi connectivity index (χ4n) is 2.81. The van der Waals surface area contributed by atoms with Crippen molar-refractivity contribution >= 4 is 11.6 Å². The standard InChI is InChI=1S/C16H24ClFN2O/c1-3-19-15(16-11-20(4-2)8-9-21-16)10-12-13(17)6-5-7-14(12)18/h5-7,15-16,19H,3-4,8-11H2,1-2H3. The Morgan fingerprint density at radius 2 is 2.29 bits per heavy atom. The van der Waals surface area contributed by atoms with Gasteiger partial charge in [0.1, 0.15) is 5.82 Å². The largest absolute Gasteiger partial charge is 0.374 e. The number of halogens is 2. The lowest BCUT2D eigenvalue weighted by molar-refractivity contribution is -0.0446. The van der Waals surface area contributed by atoms with Gasteiger partial charge in [-0.2, -0.15) is 0 Å².